The number of likely N-dealkylation sites (tertiary alicyclic amines) is 1. The normalized spacial score (nSPS) is 17.8. The minimum Gasteiger partial charge on any atom is -0.296 e. The lowest BCUT2D eigenvalue weighted by molar-refractivity contribution is -0.141. The van der Waals surface area contributed by atoms with E-state index in [1.54, 1.807) is 0 Å². The topological polar surface area (TPSA) is 38.9 Å². The van der Waals surface area contributed by atoms with Gasteiger partial charge in [-0.3, -0.25) is 14.1 Å². The second kappa shape index (κ2) is 6.50. The third-order valence-electron chi connectivity index (χ3n) is 4.15. The molecule has 3 heterocycles. The molecule has 2 aromatic rings. The number of imidazole rings is 1. The average Bonchev–Trinajstić information content (AvgIpc) is 3.16. The van der Waals surface area contributed by atoms with Gasteiger partial charge in [0.2, 0.25) is 0 Å². The highest BCUT2D eigenvalue weighted by molar-refractivity contribution is 5.04. The molecule has 24 heavy (non-hydrogen) atoms. The summed E-state index contributed by atoms with van der Waals surface area (Å²) >= 11 is 0. The van der Waals surface area contributed by atoms with Gasteiger partial charge in [0.25, 0.3) is 0 Å². The molecule has 2 aromatic heterocycles. The van der Waals surface area contributed by atoms with Gasteiger partial charge in [0.15, 0.2) is 5.69 Å². The first-order valence-electron chi connectivity index (χ1n) is 7.49. The number of hydrogen-bond acceptors (Lipinski definition) is 3. The number of hydrogen-bond donors (Lipinski definition) is 0. The van der Waals surface area contributed by atoms with E-state index in [0.717, 1.165) is 10.6 Å². The van der Waals surface area contributed by atoms with Gasteiger partial charge in [-0.2, -0.15) is 27.1 Å². The molecule has 0 aromatic carbocycles. The summed E-state index contributed by atoms with van der Waals surface area (Å²) in [6, 6.07) is 0.846. The van der Waals surface area contributed by atoms with Crippen LogP contribution in [-0.4, -0.2) is 37.3 Å². The van der Waals surface area contributed by atoms with Gasteiger partial charge in [-0.1, -0.05) is 0 Å². The number of halogens is 5. The van der Waals surface area contributed by atoms with E-state index in [1.165, 1.54) is 23.3 Å². The van der Waals surface area contributed by atoms with Crippen molar-refractivity contribution in [3.63, 3.8) is 0 Å². The lowest BCUT2D eigenvalue weighted by Gasteiger charge is -2.31. The Hall–Kier alpha value is -1.97. The van der Waals surface area contributed by atoms with E-state index in [2.05, 4.69) is 10.1 Å². The summed E-state index contributed by atoms with van der Waals surface area (Å²) in [6.45, 7) is -1.18. The van der Waals surface area contributed by atoms with Crippen molar-refractivity contribution in [3.05, 3.63) is 36.2 Å². The van der Waals surface area contributed by atoms with Gasteiger partial charge < -0.3 is 0 Å². The smallest absolute Gasteiger partial charge is 0.296 e. The molecule has 0 amide bonds. The zero-order chi connectivity index (χ0) is 17.3. The van der Waals surface area contributed by atoms with Crippen LogP contribution in [0.25, 0.3) is 0 Å². The van der Waals surface area contributed by atoms with E-state index in [-0.39, 0.29) is 18.4 Å². The van der Waals surface area contributed by atoms with E-state index in [0.29, 0.717) is 25.9 Å². The molecule has 0 atom stereocenters. The van der Waals surface area contributed by atoms with Gasteiger partial charge in [-0.05, 0) is 18.9 Å². The van der Waals surface area contributed by atoms with Crippen molar-refractivity contribution in [1.29, 1.82) is 0 Å². The fourth-order valence-corrected chi connectivity index (χ4v) is 2.88. The first-order valence-corrected chi connectivity index (χ1v) is 7.49. The maximum Gasteiger partial charge on any atom is 0.435 e. The lowest BCUT2D eigenvalue weighted by atomic mass is 10.1. The second-order valence-electron chi connectivity index (χ2n) is 5.71. The summed E-state index contributed by atoms with van der Waals surface area (Å²) in [4.78, 5) is 5.90. The fourth-order valence-electron chi connectivity index (χ4n) is 2.88. The maximum absolute atomic E-state index is 12.8. The van der Waals surface area contributed by atoms with Crippen LogP contribution in [0.1, 0.15) is 37.0 Å². The van der Waals surface area contributed by atoms with Crippen LogP contribution in [0, 0.1) is 0 Å². The van der Waals surface area contributed by atoms with Crippen molar-refractivity contribution in [2.45, 2.75) is 38.2 Å². The molecular weight excluding hydrogens is 333 g/mol. The minimum absolute atomic E-state index is 0.118. The van der Waals surface area contributed by atoms with Gasteiger partial charge in [0, 0.05) is 31.7 Å². The molecule has 10 heteroatoms. The molecule has 3 rings (SSSR count). The number of rotatable bonds is 4. The van der Waals surface area contributed by atoms with Crippen molar-refractivity contribution >= 4 is 0 Å². The number of piperidine rings is 1. The Morgan fingerprint density at radius 2 is 1.88 bits per heavy atom. The molecule has 5 nitrogen and oxygen atoms in total. The maximum atomic E-state index is 12.8. The van der Waals surface area contributed by atoms with Gasteiger partial charge >= 0.3 is 12.7 Å². The molecule has 0 radical (unpaired) electrons. The van der Waals surface area contributed by atoms with E-state index in [9.17, 15) is 22.0 Å². The molecule has 0 unspecified atom stereocenters. The highest BCUT2D eigenvalue weighted by Gasteiger charge is 2.34. The molecule has 0 saturated carbocycles. The largest absolute Gasteiger partial charge is 0.435 e. The molecule has 132 valence electrons. The van der Waals surface area contributed by atoms with Crippen LogP contribution in [0.15, 0.2) is 24.7 Å². The highest BCUT2D eigenvalue weighted by Crippen LogP contribution is 2.30. The summed E-state index contributed by atoms with van der Waals surface area (Å²) in [5.74, 6) is 0.280. The molecule has 1 aliphatic heterocycles. The Bertz CT molecular complexity index is 669. The van der Waals surface area contributed by atoms with Gasteiger partial charge in [-0.25, -0.2) is 4.98 Å². The predicted octanol–water partition coefficient (Wildman–Crippen LogP) is 3.33. The molecule has 0 spiro atoms. The van der Waals surface area contributed by atoms with Gasteiger partial charge in [0.1, 0.15) is 5.82 Å². The standard InChI is InChI=1S/C14H16F5N5/c15-13(16)23-8-4-20-12(23)9-22-5-1-10(2-6-22)24-7-3-11(21-24)14(17,18)19/h3-4,7-8,10,13H,1-2,5-6,9H2. The van der Waals surface area contributed by atoms with Crippen molar-refractivity contribution < 1.29 is 22.0 Å². The quantitative estimate of drug-likeness (QED) is 0.795. The number of alkyl halides is 5. The van der Waals surface area contributed by atoms with Crippen LogP contribution in [0.4, 0.5) is 22.0 Å². The summed E-state index contributed by atoms with van der Waals surface area (Å²) in [5, 5.41) is 3.60. The lowest BCUT2D eigenvalue weighted by Crippen LogP contribution is -2.35. The predicted molar refractivity (Wildman–Crippen MR) is 74.3 cm³/mol. The number of aromatic nitrogens is 4. The molecule has 1 fully saturated rings. The van der Waals surface area contributed by atoms with Crippen LogP contribution in [0.3, 0.4) is 0 Å². The van der Waals surface area contributed by atoms with Crippen molar-refractivity contribution in [2.75, 3.05) is 13.1 Å². The SMILES string of the molecule is FC(F)n1ccnc1CN1CCC(n2ccc(C(F)(F)F)n2)CC1. The van der Waals surface area contributed by atoms with E-state index in [1.807, 2.05) is 4.90 Å². The van der Waals surface area contributed by atoms with Crippen LogP contribution >= 0.6 is 0 Å². The van der Waals surface area contributed by atoms with Crippen molar-refractivity contribution in [3.8, 4) is 0 Å². The Labute approximate surface area is 134 Å². The molecule has 0 bridgehead atoms. The molecule has 1 saturated heterocycles. The Balaban J connectivity index is 1.58. The van der Waals surface area contributed by atoms with Crippen molar-refractivity contribution in [1.82, 2.24) is 24.2 Å². The first kappa shape index (κ1) is 16.9. The van der Waals surface area contributed by atoms with E-state index < -0.39 is 18.4 Å². The second-order valence-corrected chi connectivity index (χ2v) is 5.71. The van der Waals surface area contributed by atoms with Gasteiger partial charge in [-0.15, -0.1) is 0 Å². The first-order chi connectivity index (χ1) is 11.3. The Morgan fingerprint density at radius 3 is 2.46 bits per heavy atom. The Morgan fingerprint density at radius 1 is 1.17 bits per heavy atom. The summed E-state index contributed by atoms with van der Waals surface area (Å²) < 4.78 is 65.5. The summed E-state index contributed by atoms with van der Waals surface area (Å²) in [7, 11) is 0. The van der Waals surface area contributed by atoms with Crippen LogP contribution < -0.4 is 0 Å². The molecule has 1 aliphatic rings. The summed E-state index contributed by atoms with van der Waals surface area (Å²) in [6.07, 6.45) is 0.666. The fraction of sp³-hybridized carbons (Fsp3) is 0.571. The van der Waals surface area contributed by atoms with Crippen LogP contribution in [-0.2, 0) is 12.7 Å². The van der Waals surface area contributed by atoms with Gasteiger partial charge in [0.05, 0.1) is 12.6 Å². The zero-order valence-electron chi connectivity index (χ0n) is 12.6. The molecular formula is C14H16F5N5. The molecule has 0 N–H and O–H groups in total. The number of nitrogens with zero attached hydrogens (tertiary/aromatic N) is 5. The Kier molecular flexibility index (Phi) is 4.57. The average molecular weight is 349 g/mol. The third-order valence-corrected chi connectivity index (χ3v) is 4.15. The van der Waals surface area contributed by atoms with Crippen LogP contribution in [0.5, 0.6) is 0 Å². The van der Waals surface area contributed by atoms with Crippen LogP contribution in [0.2, 0.25) is 0 Å². The summed E-state index contributed by atoms with van der Waals surface area (Å²) in [5.41, 5.74) is -0.899. The monoisotopic (exact) mass is 349 g/mol. The third kappa shape index (κ3) is 3.58. The minimum atomic E-state index is -4.45. The van der Waals surface area contributed by atoms with Crippen molar-refractivity contribution in [2.24, 2.45) is 0 Å². The van der Waals surface area contributed by atoms with E-state index in [4.69, 9.17) is 0 Å². The van der Waals surface area contributed by atoms with E-state index >= 15 is 0 Å². The zero-order valence-corrected chi connectivity index (χ0v) is 12.6. The highest BCUT2D eigenvalue weighted by atomic mass is 19.4. The molecule has 0 aliphatic carbocycles.